The molecule has 3 heteroatoms. The maximum Gasteiger partial charge on any atom is 0.117 e. The van der Waals surface area contributed by atoms with Crippen LogP contribution in [-0.4, -0.2) is 25.0 Å². The van der Waals surface area contributed by atoms with Gasteiger partial charge in [-0.3, -0.25) is 4.90 Å². The lowest BCUT2D eigenvalue weighted by atomic mass is 9.90. The van der Waals surface area contributed by atoms with Gasteiger partial charge in [-0.15, -0.1) is 0 Å². The van der Waals surface area contributed by atoms with Crippen LogP contribution in [0.15, 0.2) is 47.1 Å². The summed E-state index contributed by atoms with van der Waals surface area (Å²) >= 11 is 0. The predicted octanol–water partition coefficient (Wildman–Crippen LogP) is 3.31. The minimum atomic E-state index is 0.609. The van der Waals surface area contributed by atoms with E-state index in [9.17, 15) is 0 Å². The molecule has 0 saturated carbocycles. The van der Waals surface area contributed by atoms with Crippen LogP contribution in [0.4, 0.5) is 5.69 Å². The fraction of sp³-hybridized carbons (Fsp3) is 0.375. The fourth-order valence-corrected chi connectivity index (χ4v) is 2.85. The van der Waals surface area contributed by atoms with Crippen LogP contribution in [0.2, 0.25) is 0 Å². The largest absolute Gasteiger partial charge is 0.468 e. The summed E-state index contributed by atoms with van der Waals surface area (Å²) in [6.07, 6.45) is 2.93. The zero-order valence-electron chi connectivity index (χ0n) is 11.3. The lowest BCUT2D eigenvalue weighted by Crippen LogP contribution is -2.28. The maximum absolute atomic E-state index is 5.41. The van der Waals surface area contributed by atoms with E-state index in [2.05, 4.69) is 41.5 Å². The summed E-state index contributed by atoms with van der Waals surface area (Å²) in [6, 6.07) is 12.6. The molecule has 1 aromatic heterocycles. The van der Waals surface area contributed by atoms with Gasteiger partial charge in [-0.1, -0.05) is 18.2 Å². The zero-order chi connectivity index (χ0) is 13.1. The van der Waals surface area contributed by atoms with Gasteiger partial charge in [-0.05, 0) is 37.2 Å². The molecule has 2 heterocycles. The van der Waals surface area contributed by atoms with E-state index in [0.717, 1.165) is 25.4 Å². The van der Waals surface area contributed by atoms with Crippen LogP contribution in [0, 0.1) is 0 Å². The monoisotopic (exact) mass is 256 g/mol. The average Bonchev–Trinajstić information content (AvgIpc) is 2.92. The van der Waals surface area contributed by atoms with Gasteiger partial charge < -0.3 is 9.73 Å². The number of anilines is 1. The average molecular weight is 256 g/mol. The molecular formula is C16H20N2O. The fourth-order valence-electron chi connectivity index (χ4n) is 2.85. The summed E-state index contributed by atoms with van der Waals surface area (Å²) in [5.74, 6) is 1.64. The first-order chi connectivity index (χ1) is 9.33. The molecule has 0 aliphatic carbocycles. The molecule has 1 aliphatic heterocycles. The van der Waals surface area contributed by atoms with Crippen LogP contribution >= 0.6 is 0 Å². The van der Waals surface area contributed by atoms with Crippen molar-refractivity contribution in [3.05, 3.63) is 54.0 Å². The Morgan fingerprint density at radius 3 is 3.00 bits per heavy atom. The van der Waals surface area contributed by atoms with Crippen LogP contribution in [0.3, 0.4) is 0 Å². The molecule has 0 bridgehead atoms. The number of rotatable bonds is 4. The highest BCUT2D eigenvalue weighted by molar-refractivity contribution is 5.54. The van der Waals surface area contributed by atoms with Gasteiger partial charge >= 0.3 is 0 Å². The van der Waals surface area contributed by atoms with E-state index >= 15 is 0 Å². The van der Waals surface area contributed by atoms with Crippen molar-refractivity contribution in [1.29, 1.82) is 0 Å². The first-order valence-electron chi connectivity index (χ1n) is 6.86. The molecule has 1 N–H and O–H groups in total. The first-order valence-corrected chi connectivity index (χ1v) is 6.86. The maximum atomic E-state index is 5.41. The van der Waals surface area contributed by atoms with Crippen molar-refractivity contribution in [3.8, 4) is 0 Å². The molecule has 0 amide bonds. The molecule has 0 fully saturated rings. The van der Waals surface area contributed by atoms with Crippen LogP contribution in [0.5, 0.6) is 0 Å². The molecule has 1 unspecified atom stereocenters. The van der Waals surface area contributed by atoms with Gasteiger partial charge in [-0.2, -0.15) is 0 Å². The Hall–Kier alpha value is -1.74. The topological polar surface area (TPSA) is 28.4 Å². The van der Waals surface area contributed by atoms with Crippen molar-refractivity contribution in [2.45, 2.75) is 18.9 Å². The number of fused-ring (bicyclic) bond motifs is 1. The molecule has 3 nitrogen and oxygen atoms in total. The molecule has 100 valence electrons. The number of furan rings is 1. The Labute approximate surface area is 114 Å². The van der Waals surface area contributed by atoms with Crippen molar-refractivity contribution < 1.29 is 4.42 Å². The molecule has 1 aliphatic rings. The van der Waals surface area contributed by atoms with Gasteiger partial charge in [0.2, 0.25) is 0 Å². The van der Waals surface area contributed by atoms with E-state index in [1.165, 1.54) is 17.7 Å². The second kappa shape index (κ2) is 5.49. The quantitative estimate of drug-likeness (QED) is 0.909. The Morgan fingerprint density at radius 2 is 2.16 bits per heavy atom. The van der Waals surface area contributed by atoms with Crippen LogP contribution in [0.1, 0.15) is 23.7 Å². The summed E-state index contributed by atoms with van der Waals surface area (Å²) in [5.41, 5.74) is 2.74. The van der Waals surface area contributed by atoms with Crippen molar-refractivity contribution in [2.75, 3.05) is 25.5 Å². The molecule has 3 rings (SSSR count). The summed E-state index contributed by atoms with van der Waals surface area (Å²) in [4.78, 5) is 2.34. The molecule has 1 atom stereocenters. The molecule has 0 radical (unpaired) electrons. The molecule has 19 heavy (non-hydrogen) atoms. The SMILES string of the molecule is CN(Cc1ccco1)CC1CCNc2ccccc21. The Balaban J connectivity index is 1.67. The van der Waals surface area contributed by atoms with Crippen LogP contribution in [0.25, 0.3) is 0 Å². The number of hydrogen-bond acceptors (Lipinski definition) is 3. The van der Waals surface area contributed by atoms with Crippen molar-refractivity contribution in [2.24, 2.45) is 0 Å². The van der Waals surface area contributed by atoms with Gasteiger partial charge in [-0.25, -0.2) is 0 Å². The highest BCUT2D eigenvalue weighted by Crippen LogP contribution is 2.31. The number of para-hydroxylation sites is 1. The normalized spacial score (nSPS) is 18.1. The smallest absolute Gasteiger partial charge is 0.117 e. The highest BCUT2D eigenvalue weighted by atomic mass is 16.3. The van der Waals surface area contributed by atoms with E-state index in [1.54, 1.807) is 6.26 Å². The number of nitrogens with one attached hydrogen (secondary N) is 1. The Kier molecular flexibility index (Phi) is 3.56. The second-order valence-electron chi connectivity index (χ2n) is 5.28. The van der Waals surface area contributed by atoms with E-state index in [1.807, 2.05) is 12.1 Å². The lowest BCUT2D eigenvalue weighted by Gasteiger charge is -2.29. The minimum Gasteiger partial charge on any atom is -0.468 e. The second-order valence-corrected chi connectivity index (χ2v) is 5.28. The summed E-state index contributed by atoms with van der Waals surface area (Å²) < 4.78 is 5.41. The zero-order valence-corrected chi connectivity index (χ0v) is 11.3. The molecule has 2 aromatic rings. The standard InChI is InChI=1S/C16H20N2O/c1-18(12-14-5-4-10-19-14)11-13-8-9-17-16-7-3-2-6-15(13)16/h2-7,10,13,17H,8-9,11-12H2,1H3. The van der Waals surface area contributed by atoms with Gasteiger partial charge in [0.25, 0.3) is 0 Å². The summed E-state index contributed by atoms with van der Waals surface area (Å²) in [7, 11) is 2.16. The minimum absolute atomic E-state index is 0.609. The summed E-state index contributed by atoms with van der Waals surface area (Å²) in [5, 5.41) is 3.47. The first kappa shape index (κ1) is 12.3. The third-order valence-corrected chi connectivity index (χ3v) is 3.75. The highest BCUT2D eigenvalue weighted by Gasteiger charge is 2.20. The van der Waals surface area contributed by atoms with Crippen LogP contribution in [-0.2, 0) is 6.54 Å². The van der Waals surface area contributed by atoms with E-state index in [0.29, 0.717) is 5.92 Å². The predicted molar refractivity (Wildman–Crippen MR) is 77.3 cm³/mol. The van der Waals surface area contributed by atoms with Gasteiger partial charge in [0.05, 0.1) is 12.8 Å². The van der Waals surface area contributed by atoms with Gasteiger partial charge in [0.15, 0.2) is 0 Å². The lowest BCUT2D eigenvalue weighted by molar-refractivity contribution is 0.272. The van der Waals surface area contributed by atoms with E-state index in [-0.39, 0.29) is 0 Å². The number of nitrogens with zero attached hydrogens (tertiary/aromatic N) is 1. The summed E-state index contributed by atoms with van der Waals surface area (Å²) in [6.45, 7) is 3.01. The molecule has 1 aromatic carbocycles. The Bertz CT molecular complexity index is 521. The van der Waals surface area contributed by atoms with Gasteiger partial charge in [0, 0.05) is 24.7 Å². The van der Waals surface area contributed by atoms with Crippen molar-refractivity contribution in [3.63, 3.8) is 0 Å². The molecule has 0 saturated heterocycles. The Morgan fingerprint density at radius 1 is 1.26 bits per heavy atom. The molecule has 0 spiro atoms. The van der Waals surface area contributed by atoms with Crippen LogP contribution < -0.4 is 5.32 Å². The van der Waals surface area contributed by atoms with E-state index in [4.69, 9.17) is 4.42 Å². The van der Waals surface area contributed by atoms with Crippen molar-refractivity contribution >= 4 is 5.69 Å². The van der Waals surface area contributed by atoms with E-state index < -0.39 is 0 Å². The van der Waals surface area contributed by atoms with Gasteiger partial charge in [0.1, 0.15) is 5.76 Å². The number of likely N-dealkylation sites (N-methyl/N-ethyl adjacent to an activating group) is 1. The number of hydrogen-bond donors (Lipinski definition) is 1. The molecular weight excluding hydrogens is 236 g/mol. The third-order valence-electron chi connectivity index (χ3n) is 3.75. The third kappa shape index (κ3) is 2.82. The van der Waals surface area contributed by atoms with Crippen molar-refractivity contribution in [1.82, 2.24) is 4.90 Å². The number of benzene rings is 1.